The standard InChI is InChI=1S/C28H33NO3/c30-26(20-9-3-1-4-10-20)21-15-16-22(19-21)27(31)29-18-17-28(32,23-11-5-2-6-12-23)24-13-7-8-14-25(24)29/h1-6,9-12,21-22,24-25,32H,7-8,13-19H2/t21?,22?,24-,25+,28-/m1/s1. The van der Waals surface area contributed by atoms with Gasteiger partial charge < -0.3 is 10.0 Å². The number of likely N-dealkylation sites (tertiary alicyclic amines) is 1. The highest BCUT2D eigenvalue weighted by molar-refractivity contribution is 5.98. The van der Waals surface area contributed by atoms with Crippen LogP contribution < -0.4 is 0 Å². The lowest BCUT2D eigenvalue weighted by molar-refractivity contribution is -0.158. The number of ketones is 1. The van der Waals surface area contributed by atoms with E-state index in [2.05, 4.69) is 4.90 Å². The smallest absolute Gasteiger partial charge is 0.225 e. The van der Waals surface area contributed by atoms with Crippen LogP contribution >= 0.6 is 0 Å². The summed E-state index contributed by atoms with van der Waals surface area (Å²) < 4.78 is 0. The van der Waals surface area contributed by atoms with E-state index in [1.54, 1.807) is 0 Å². The van der Waals surface area contributed by atoms with Gasteiger partial charge in [-0.1, -0.05) is 73.5 Å². The van der Waals surface area contributed by atoms with E-state index in [4.69, 9.17) is 0 Å². The molecule has 0 bridgehead atoms. The van der Waals surface area contributed by atoms with Gasteiger partial charge >= 0.3 is 0 Å². The fourth-order valence-electron chi connectivity index (χ4n) is 6.56. The SMILES string of the molecule is O=C(c1ccccc1)C1CCC(C(=O)N2CC[C@@](O)(c3ccccc3)[C@@H]3CCCC[C@@H]32)C1. The number of carbonyl (C=O) groups excluding carboxylic acids is 2. The van der Waals surface area contributed by atoms with E-state index in [0.29, 0.717) is 19.4 Å². The molecule has 1 N–H and O–H groups in total. The molecule has 2 aliphatic carbocycles. The number of piperidine rings is 1. The lowest BCUT2D eigenvalue weighted by Crippen LogP contribution is -2.59. The number of benzene rings is 2. The van der Waals surface area contributed by atoms with Gasteiger partial charge in [0.05, 0.1) is 5.60 Å². The van der Waals surface area contributed by atoms with E-state index in [9.17, 15) is 14.7 Å². The van der Waals surface area contributed by atoms with Crippen LogP contribution in [0, 0.1) is 17.8 Å². The zero-order chi connectivity index (χ0) is 22.1. The first-order chi connectivity index (χ1) is 15.6. The Labute approximate surface area is 190 Å². The monoisotopic (exact) mass is 431 g/mol. The maximum Gasteiger partial charge on any atom is 0.225 e. The van der Waals surface area contributed by atoms with Crippen LogP contribution in [0.25, 0.3) is 0 Å². The molecule has 1 amide bonds. The first kappa shape index (κ1) is 21.4. The maximum atomic E-state index is 13.6. The van der Waals surface area contributed by atoms with Crippen molar-refractivity contribution < 1.29 is 14.7 Å². The number of hydrogen-bond acceptors (Lipinski definition) is 3. The van der Waals surface area contributed by atoms with E-state index in [-0.39, 0.29) is 35.5 Å². The largest absolute Gasteiger partial charge is 0.385 e. The van der Waals surface area contributed by atoms with Crippen LogP contribution in [0.1, 0.15) is 67.3 Å². The average molecular weight is 432 g/mol. The Morgan fingerprint density at radius 2 is 1.50 bits per heavy atom. The van der Waals surface area contributed by atoms with Gasteiger partial charge in [-0.2, -0.15) is 0 Å². The molecular formula is C28H33NO3. The molecule has 2 saturated carbocycles. The van der Waals surface area contributed by atoms with E-state index >= 15 is 0 Å². The molecule has 2 aromatic carbocycles. The van der Waals surface area contributed by atoms with Crippen LogP contribution in [0.4, 0.5) is 0 Å². The summed E-state index contributed by atoms with van der Waals surface area (Å²) in [5.74, 6) is 0.339. The normalized spacial score (nSPS) is 32.3. The molecular weight excluding hydrogens is 398 g/mol. The van der Waals surface area contributed by atoms with Crippen molar-refractivity contribution in [2.45, 2.75) is 63.0 Å². The van der Waals surface area contributed by atoms with Crippen molar-refractivity contribution in [3.05, 3.63) is 71.8 Å². The Hall–Kier alpha value is -2.46. The number of aliphatic hydroxyl groups is 1. The van der Waals surface area contributed by atoms with Crippen molar-refractivity contribution in [3.8, 4) is 0 Å². The predicted molar refractivity (Wildman–Crippen MR) is 124 cm³/mol. The van der Waals surface area contributed by atoms with Crippen LogP contribution in [0.2, 0.25) is 0 Å². The van der Waals surface area contributed by atoms with Crippen LogP contribution in [0.15, 0.2) is 60.7 Å². The highest BCUT2D eigenvalue weighted by Gasteiger charge is 2.51. The number of hydrogen-bond donors (Lipinski definition) is 1. The molecule has 3 fully saturated rings. The summed E-state index contributed by atoms with van der Waals surface area (Å²) in [6, 6.07) is 19.6. The van der Waals surface area contributed by atoms with Crippen molar-refractivity contribution in [2.24, 2.45) is 17.8 Å². The van der Waals surface area contributed by atoms with E-state index in [0.717, 1.165) is 49.7 Å². The third-order valence-electron chi connectivity index (χ3n) is 8.24. The van der Waals surface area contributed by atoms with E-state index in [1.807, 2.05) is 60.7 Å². The summed E-state index contributed by atoms with van der Waals surface area (Å²) in [6.45, 7) is 0.596. The van der Waals surface area contributed by atoms with Crippen LogP contribution in [-0.4, -0.2) is 34.3 Å². The minimum absolute atomic E-state index is 0.0560. The highest BCUT2D eigenvalue weighted by Crippen LogP contribution is 2.48. The second kappa shape index (κ2) is 8.82. The van der Waals surface area contributed by atoms with Crippen molar-refractivity contribution in [2.75, 3.05) is 6.54 Å². The second-order valence-electron chi connectivity index (χ2n) is 9.97. The van der Waals surface area contributed by atoms with Crippen molar-refractivity contribution in [3.63, 3.8) is 0 Å². The van der Waals surface area contributed by atoms with Crippen LogP contribution in [-0.2, 0) is 10.4 Å². The van der Waals surface area contributed by atoms with Gasteiger partial charge in [0.1, 0.15) is 0 Å². The molecule has 1 aliphatic heterocycles. The summed E-state index contributed by atoms with van der Waals surface area (Å²) in [4.78, 5) is 28.6. The molecule has 0 spiro atoms. The molecule has 1 heterocycles. The topological polar surface area (TPSA) is 57.6 Å². The van der Waals surface area contributed by atoms with Gasteiger partial charge in [-0.25, -0.2) is 0 Å². The minimum Gasteiger partial charge on any atom is -0.385 e. The van der Waals surface area contributed by atoms with Crippen LogP contribution in [0.3, 0.4) is 0 Å². The fourth-order valence-corrected chi connectivity index (χ4v) is 6.56. The molecule has 2 aromatic rings. The first-order valence-corrected chi connectivity index (χ1v) is 12.3. The third kappa shape index (κ3) is 3.79. The minimum atomic E-state index is -0.857. The van der Waals surface area contributed by atoms with E-state index in [1.165, 1.54) is 0 Å². The number of Topliss-reactive ketones (excluding diaryl/α,β-unsaturated/α-hetero) is 1. The fraction of sp³-hybridized carbons (Fsp3) is 0.500. The van der Waals surface area contributed by atoms with Gasteiger partial charge in [-0.05, 0) is 44.1 Å². The summed E-state index contributed by atoms with van der Waals surface area (Å²) in [6.07, 6.45) is 6.96. The summed E-state index contributed by atoms with van der Waals surface area (Å²) >= 11 is 0. The zero-order valence-corrected chi connectivity index (χ0v) is 18.7. The molecule has 32 heavy (non-hydrogen) atoms. The Kier molecular flexibility index (Phi) is 5.90. The molecule has 0 aromatic heterocycles. The number of fused-ring (bicyclic) bond motifs is 1. The first-order valence-electron chi connectivity index (χ1n) is 12.3. The molecule has 0 radical (unpaired) electrons. The molecule has 3 aliphatic rings. The van der Waals surface area contributed by atoms with Crippen molar-refractivity contribution >= 4 is 11.7 Å². The van der Waals surface area contributed by atoms with E-state index < -0.39 is 5.60 Å². The number of nitrogens with zero attached hydrogens (tertiary/aromatic N) is 1. The summed E-state index contributed by atoms with van der Waals surface area (Å²) in [5, 5.41) is 11.8. The number of amides is 1. The Balaban J connectivity index is 1.31. The Bertz CT molecular complexity index is 959. The second-order valence-corrected chi connectivity index (χ2v) is 9.97. The molecule has 5 rings (SSSR count). The maximum absolute atomic E-state index is 13.6. The van der Waals surface area contributed by atoms with Gasteiger partial charge in [-0.3, -0.25) is 9.59 Å². The molecule has 1 saturated heterocycles. The molecule has 2 unspecified atom stereocenters. The van der Waals surface area contributed by atoms with Crippen LogP contribution in [0.5, 0.6) is 0 Å². The zero-order valence-electron chi connectivity index (χ0n) is 18.7. The van der Waals surface area contributed by atoms with Gasteiger partial charge in [0.15, 0.2) is 5.78 Å². The Morgan fingerprint density at radius 1 is 0.844 bits per heavy atom. The molecule has 5 atom stereocenters. The van der Waals surface area contributed by atoms with Crippen molar-refractivity contribution in [1.29, 1.82) is 0 Å². The van der Waals surface area contributed by atoms with Crippen molar-refractivity contribution in [1.82, 2.24) is 4.90 Å². The quantitative estimate of drug-likeness (QED) is 0.696. The molecule has 168 valence electrons. The number of carbonyl (C=O) groups is 2. The van der Waals surface area contributed by atoms with Gasteiger partial charge in [-0.15, -0.1) is 0 Å². The Morgan fingerprint density at radius 3 is 2.25 bits per heavy atom. The lowest BCUT2D eigenvalue weighted by atomic mass is 9.66. The highest BCUT2D eigenvalue weighted by atomic mass is 16.3. The summed E-state index contributed by atoms with van der Waals surface area (Å²) in [7, 11) is 0. The number of rotatable bonds is 4. The van der Waals surface area contributed by atoms with Gasteiger partial charge in [0.25, 0.3) is 0 Å². The predicted octanol–water partition coefficient (Wildman–Crippen LogP) is 4.96. The molecule has 4 nitrogen and oxygen atoms in total. The molecule has 4 heteroatoms. The van der Waals surface area contributed by atoms with Gasteiger partial charge in [0.2, 0.25) is 5.91 Å². The lowest BCUT2D eigenvalue weighted by Gasteiger charge is -2.53. The summed E-state index contributed by atoms with van der Waals surface area (Å²) in [5.41, 5.74) is 0.882. The van der Waals surface area contributed by atoms with Gasteiger partial charge in [0, 0.05) is 35.9 Å². The third-order valence-corrected chi connectivity index (χ3v) is 8.24. The average Bonchev–Trinajstić information content (AvgIpc) is 3.35.